The van der Waals surface area contributed by atoms with Gasteiger partial charge >= 0.3 is 5.97 Å². The van der Waals surface area contributed by atoms with E-state index >= 15 is 0 Å². The minimum absolute atomic E-state index is 0.208. The van der Waals surface area contributed by atoms with E-state index in [2.05, 4.69) is 0 Å². The fraction of sp³-hybridized carbons (Fsp3) is 0.357. The number of esters is 1. The van der Waals surface area contributed by atoms with Crippen LogP contribution in [-0.2, 0) is 9.47 Å². The van der Waals surface area contributed by atoms with Crippen molar-refractivity contribution in [2.45, 2.75) is 6.42 Å². The highest BCUT2D eigenvalue weighted by Crippen LogP contribution is 2.22. The SMILES string of the molecule is Nc1ccc2oc(C(=O)OCC3CCOC3)cc2c1. The van der Waals surface area contributed by atoms with E-state index in [9.17, 15) is 4.79 Å². The molecule has 5 nitrogen and oxygen atoms in total. The minimum atomic E-state index is -0.443. The second kappa shape index (κ2) is 4.93. The van der Waals surface area contributed by atoms with Crippen molar-refractivity contribution >= 4 is 22.6 Å². The zero-order valence-electron chi connectivity index (χ0n) is 10.4. The Hall–Kier alpha value is -2.01. The van der Waals surface area contributed by atoms with E-state index in [1.807, 2.05) is 0 Å². The number of furan rings is 1. The summed E-state index contributed by atoms with van der Waals surface area (Å²) in [7, 11) is 0. The van der Waals surface area contributed by atoms with Crippen molar-refractivity contribution in [3.8, 4) is 0 Å². The van der Waals surface area contributed by atoms with Gasteiger partial charge in [0.2, 0.25) is 5.76 Å². The Morgan fingerprint density at radius 2 is 2.32 bits per heavy atom. The van der Waals surface area contributed by atoms with Crippen LogP contribution in [0.15, 0.2) is 28.7 Å². The molecule has 1 unspecified atom stereocenters. The molecule has 2 heterocycles. The highest BCUT2D eigenvalue weighted by atomic mass is 16.5. The molecule has 1 aliphatic heterocycles. The first-order valence-corrected chi connectivity index (χ1v) is 6.26. The number of anilines is 1. The lowest BCUT2D eigenvalue weighted by atomic mass is 10.1. The molecule has 1 aliphatic rings. The van der Waals surface area contributed by atoms with Crippen molar-refractivity contribution in [1.29, 1.82) is 0 Å². The molecule has 5 heteroatoms. The van der Waals surface area contributed by atoms with E-state index in [0.717, 1.165) is 18.4 Å². The average Bonchev–Trinajstić information content (AvgIpc) is 3.04. The normalized spacial score (nSPS) is 18.8. The van der Waals surface area contributed by atoms with Crippen LogP contribution in [0.5, 0.6) is 0 Å². The largest absolute Gasteiger partial charge is 0.459 e. The topological polar surface area (TPSA) is 74.7 Å². The van der Waals surface area contributed by atoms with E-state index in [1.165, 1.54) is 0 Å². The molecule has 0 radical (unpaired) electrons. The first-order chi connectivity index (χ1) is 9.22. The van der Waals surface area contributed by atoms with Crippen molar-refractivity contribution in [1.82, 2.24) is 0 Å². The van der Waals surface area contributed by atoms with Gasteiger partial charge in [-0.2, -0.15) is 0 Å². The highest BCUT2D eigenvalue weighted by molar-refractivity contribution is 5.93. The first kappa shape index (κ1) is 12.0. The van der Waals surface area contributed by atoms with Crippen molar-refractivity contribution in [3.05, 3.63) is 30.0 Å². The lowest BCUT2D eigenvalue weighted by molar-refractivity contribution is 0.0395. The molecule has 1 saturated heterocycles. The third kappa shape index (κ3) is 2.56. The molecule has 0 aliphatic carbocycles. The Morgan fingerprint density at radius 1 is 1.42 bits per heavy atom. The Bertz CT molecular complexity index is 599. The summed E-state index contributed by atoms with van der Waals surface area (Å²) in [6, 6.07) is 6.89. The fourth-order valence-corrected chi connectivity index (χ4v) is 2.14. The summed E-state index contributed by atoms with van der Waals surface area (Å²) >= 11 is 0. The van der Waals surface area contributed by atoms with Crippen molar-refractivity contribution in [3.63, 3.8) is 0 Å². The van der Waals surface area contributed by atoms with E-state index in [4.69, 9.17) is 19.6 Å². The van der Waals surface area contributed by atoms with Crippen LogP contribution in [-0.4, -0.2) is 25.8 Å². The van der Waals surface area contributed by atoms with E-state index in [-0.39, 0.29) is 5.76 Å². The van der Waals surface area contributed by atoms with Crippen LogP contribution in [0.1, 0.15) is 17.0 Å². The summed E-state index contributed by atoms with van der Waals surface area (Å²) in [6.45, 7) is 1.77. The van der Waals surface area contributed by atoms with Crippen molar-refractivity contribution in [2.24, 2.45) is 5.92 Å². The number of rotatable bonds is 3. The van der Waals surface area contributed by atoms with Gasteiger partial charge in [-0.1, -0.05) is 0 Å². The van der Waals surface area contributed by atoms with Crippen molar-refractivity contribution < 1.29 is 18.7 Å². The molecule has 19 heavy (non-hydrogen) atoms. The number of hydrogen-bond acceptors (Lipinski definition) is 5. The lowest BCUT2D eigenvalue weighted by Crippen LogP contribution is -2.13. The van der Waals surface area contributed by atoms with Gasteiger partial charge in [0.05, 0.1) is 13.2 Å². The van der Waals surface area contributed by atoms with E-state index in [0.29, 0.717) is 30.4 Å². The number of carbonyl (C=O) groups excluding carboxylic acids is 1. The van der Waals surface area contributed by atoms with Gasteiger partial charge in [0, 0.05) is 23.6 Å². The van der Waals surface area contributed by atoms with Gasteiger partial charge in [0.1, 0.15) is 5.58 Å². The van der Waals surface area contributed by atoms with Gasteiger partial charge in [0.15, 0.2) is 0 Å². The quantitative estimate of drug-likeness (QED) is 0.677. The molecule has 1 aromatic heterocycles. The zero-order valence-corrected chi connectivity index (χ0v) is 10.4. The standard InChI is InChI=1S/C14H15NO4/c15-11-1-2-12-10(5-11)6-13(19-12)14(16)18-8-9-3-4-17-7-9/h1-2,5-6,9H,3-4,7-8,15H2. The van der Waals surface area contributed by atoms with Gasteiger partial charge < -0.3 is 19.6 Å². The summed E-state index contributed by atoms with van der Waals surface area (Å²) in [5.41, 5.74) is 6.94. The minimum Gasteiger partial charge on any atom is -0.459 e. The van der Waals surface area contributed by atoms with Crippen LogP contribution < -0.4 is 5.73 Å². The molecule has 1 fully saturated rings. The third-order valence-corrected chi connectivity index (χ3v) is 3.22. The van der Waals surface area contributed by atoms with Crippen LogP contribution in [0.4, 0.5) is 5.69 Å². The lowest BCUT2D eigenvalue weighted by Gasteiger charge is -2.07. The summed E-state index contributed by atoms with van der Waals surface area (Å²) in [4.78, 5) is 11.9. The number of nitrogen functional groups attached to an aromatic ring is 1. The zero-order chi connectivity index (χ0) is 13.2. The van der Waals surface area contributed by atoms with Gasteiger partial charge in [-0.3, -0.25) is 0 Å². The molecule has 2 N–H and O–H groups in total. The molecule has 0 saturated carbocycles. The summed E-state index contributed by atoms with van der Waals surface area (Å²) < 4.78 is 15.9. The molecule has 1 atom stereocenters. The van der Waals surface area contributed by atoms with Gasteiger partial charge in [-0.15, -0.1) is 0 Å². The summed E-state index contributed by atoms with van der Waals surface area (Å²) in [5.74, 6) is 0.0603. The maximum atomic E-state index is 11.9. The van der Waals surface area contributed by atoms with Crippen LogP contribution >= 0.6 is 0 Å². The fourth-order valence-electron chi connectivity index (χ4n) is 2.14. The molecule has 0 bridgehead atoms. The van der Waals surface area contributed by atoms with Crippen LogP contribution in [0.3, 0.4) is 0 Å². The van der Waals surface area contributed by atoms with E-state index in [1.54, 1.807) is 24.3 Å². The number of benzene rings is 1. The first-order valence-electron chi connectivity index (χ1n) is 6.26. The number of hydrogen-bond donors (Lipinski definition) is 1. The van der Waals surface area contributed by atoms with Crippen LogP contribution in [0.25, 0.3) is 11.0 Å². The molecule has 2 aromatic rings. The second-order valence-electron chi connectivity index (χ2n) is 4.74. The summed E-state index contributed by atoms with van der Waals surface area (Å²) in [5, 5.41) is 0.802. The average molecular weight is 261 g/mol. The molecule has 0 spiro atoms. The summed E-state index contributed by atoms with van der Waals surface area (Å²) in [6.07, 6.45) is 0.934. The number of fused-ring (bicyclic) bond motifs is 1. The molecule has 100 valence electrons. The maximum absolute atomic E-state index is 11.9. The van der Waals surface area contributed by atoms with Gasteiger partial charge in [0.25, 0.3) is 0 Å². The highest BCUT2D eigenvalue weighted by Gasteiger charge is 2.20. The predicted octanol–water partition coefficient (Wildman–Crippen LogP) is 2.21. The number of carbonyl (C=O) groups is 1. The monoisotopic (exact) mass is 261 g/mol. The Kier molecular flexibility index (Phi) is 3.13. The van der Waals surface area contributed by atoms with E-state index < -0.39 is 5.97 Å². The maximum Gasteiger partial charge on any atom is 0.374 e. The smallest absolute Gasteiger partial charge is 0.374 e. The molecule has 1 aromatic carbocycles. The van der Waals surface area contributed by atoms with Crippen molar-refractivity contribution in [2.75, 3.05) is 25.6 Å². The number of ether oxygens (including phenoxy) is 2. The van der Waals surface area contributed by atoms with Gasteiger partial charge in [-0.25, -0.2) is 4.79 Å². The Morgan fingerprint density at radius 3 is 3.11 bits per heavy atom. The predicted molar refractivity (Wildman–Crippen MR) is 69.8 cm³/mol. The van der Waals surface area contributed by atoms with Gasteiger partial charge in [-0.05, 0) is 30.7 Å². The van der Waals surface area contributed by atoms with Crippen LogP contribution in [0, 0.1) is 5.92 Å². The second-order valence-corrected chi connectivity index (χ2v) is 4.74. The third-order valence-electron chi connectivity index (χ3n) is 3.22. The Balaban J connectivity index is 1.70. The van der Waals surface area contributed by atoms with Crippen LogP contribution in [0.2, 0.25) is 0 Å². The number of nitrogens with two attached hydrogens (primary N) is 1. The molecule has 0 amide bonds. The Labute approximate surface area is 110 Å². The molecular weight excluding hydrogens is 246 g/mol. The molecular formula is C14H15NO4. The molecule has 3 rings (SSSR count).